The van der Waals surface area contributed by atoms with E-state index in [2.05, 4.69) is 0 Å². The van der Waals surface area contributed by atoms with Crippen molar-refractivity contribution < 1.29 is 14.4 Å². The van der Waals surface area contributed by atoms with Gasteiger partial charge in [-0.2, -0.15) is 0 Å². The van der Waals surface area contributed by atoms with E-state index in [9.17, 15) is 5.11 Å². The number of aliphatic hydroxyl groups excluding tert-OH is 1. The van der Waals surface area contributed by atoms with Crippen LogP contribution >= 0.6 is 0 Å². The number of hydrogen-bond acceptors (Lipinski definition) is 3. The van der Waals surface area contributed by atoms with Crippen LogP contribution in [0.15, 0.2) is 18.2 Å². The van der Waals surface area contributed by atoms with Crippen molar-refractivity contribution in [2.24, 2.45) is 0 Å². The van der Waals surface area contributed by atoms with Gasteiger partial charge in [0.1, 0.15) is 0 Å². The van der Waals surface area contributed by atoms with E-state index in [0.717, 1.165) is 16.6 Å². The van der Waals surface area contributed by atoms with Crippen molar-refractivity contribution in [3.05, 3.63) is 29.3 Å². The monoisotopic (exact) mass is 248 g/mol. The van der Waals surface area contributed by atoms with Gasteiger partial charge >= 0.3 is 7.12 Å². The van der Waals surface area contributed by atoms with Gasteiger partial charge in [0, 0.05) is 0 Å². The molecular weight excluding hydrogens is 227 g/mol. The number of aliphatic hydroxyl groups is 1. The van der Waals surface area contributed by atoms with Crippen molar-refractivity contribution in [2.45, 2.75) is 52.4 Å². The zero-order valence-electron chi connectivity index (χ0n) is 11.8. The number of aryl methyl sites for hydroxylation is 1. The summed E-state index contributed by atoms with van der Waals surface area (Å²) in [7, 11) is -0.404. The lowest BCUT2D eigenvalue weighted by atomic mass is 9.73. The largest absolute Gasteiger partial charge is 0.495 e. The quantitative estimate of drug-likeness (QED) is 0.811. The second kappa shape index (κ2) is 4.37. The van der Waals surface area contributed by atoms with Crippen molar-refractivity contribution in [3.8, 4) is 0 Å². The Morgan fingerprint density at radius 3 is 2.17 bits per heavy atom. The van der Waals surface area contributed by atoms with Gasteiger partial charge in [-0.3, -0.25) is 0 Å². The first-order chi connectivity index (χ1) is 8.28. The van der Waals surface area contributed by atoms with E-state index in [0.29, 0.717) is 0 Å². The molecule has 1 aliphatic rings. The van der Waals surface area contributed by atoms with E-state index in [-0.39, 0.29) is 17.8 Å². The van der Waals surface area contributed by atoms with Crippen molar-refractivity contribution in [2.75, 3.05) is 0 Å². The molecule has 1 aromatic rings. The van der Waals surface area contributed by atoms with Gasteiger partial charge in [0.05, 0.1) is 17.8 Å². The van der Waals surface area contributed by atoms with Crippen LogP contribution in [0.3, 0.4) is 0 Å². The van der Waals surface area contributed by atoms with Crippen LogP contribution in [0.25, 0.3) is 0 Å². The Bertz CT molecular complexity index is 438. The molecule has 1 aliphatic heterocycles. The first-order valence-electron chi connectivity index (χ1n) is 6.33. The molecule has 0 bridgehead atoms. The maximum Gasteiger partial charge on any atom is 0.495 e. The Kier molecular flexibility index (Phi) is 3.30. The fourth-order valence-electron chi connectivity index (χ4n) is 2.18. The van der Waals surface area contributed by atoms with Gasteiger partial charge in [-0.1, -0.05) is 23.8 Å². The molecule has 0 amide bonds. The summed E-state index contributed by atoms with van der Waals surface area (Å²) < 4.78 is 12.1. The van der Waals surface area contributed by atoms with Crippen LogP contribution in [-0.4, -0.2) is 23.4 Å². The van der Waals surface area contributed by atoms with E-state index >= 15 is 0 Å². The number of hydrogen-bond donors (Lipinski definition) is 1. The summed E-state index contributed by atoms with van der Waals surface area (Å²) in [5.74, 6) is 0. The summed E-state index contributed by atoms with van der Waals surface area (Å²) in [6.45, 7) is 10.1. The lowest BCUT2D eigenvalue weighted by molar-refractivity contribution is 0.00578. The minimum Gasteiger partial charge on any atom is -0.399 e. The molecule has 0 saturated carbocycles. The van der Waals surface area contributed by atoms with Gasteiger partial charge in [-0.15, -0.1) is 0 Å². The predicted molar refractivity (Wildman–Crippen MR) is 72.8 cm³/mol. The maximum absolute atomic E-state index is 9.45. The second-order valence-corrected chi connectivity index (χ2v) is 5.89. The van der Waals surface area contributed by atoms with Gasteiger partial charge < -0.3 is 14.4 Å². The minimum atomic E-state index is -0.404. The van der Waals surface area contributed by atoms with Crippen LogP contribution in [0.4, 0.5) is 0 Å². The first-order valence-corrected chi connectivity index (χ1v) is 6.33. The lowest BCUT2D eigenvalue weighted by Gasteiger charge is -2.32. The predicted octanol–water partition coefficient (Wildman–Crippen LogP) is 1.79. The zero-order valence-corrected chi connectivity index (χ0v) is 11.8. The summed E-state index contributed by atoms with van der Waals surface area (Å²) in [6.07, 6.45) is 0. The number of rotatable bonds is 2. The molecule has 0 atom stereocenters. The molecule has 3 nitrogen and oxygen atoms in total. The average Bonchev–Trinajstić information content (AvgIpc) is 2.47. The van der Waals surface area contributed by atoms with Crippen LogP contribution in [0.5, 0.6) is 0 Å². The molecule has 0 aromatic heterocycles. The van der Waals surface area contributed by atoms with Crippen molar-refractivity contribution in [1.82, 2.24) is 0 Å². The maximum atomic E-state index is 9.45. The Morgan fingerprint density at radius 2 is 1.67 bits per heavy atom. The van der Waals surface area contributed by atoms with E-state index < -0.39 is 7.12 Å². The fraction of sp³-hybridized carbons (Fsp3) is 0.571. The smallest absolute Gasteiger partial charge is 0.399 e. The van der Waals surface area contributed by atoms with E-state index in [4.69, 9.17) is 9.31 Å². The Labute approximate surface area is 109 Å². The van der Waals surface area contributed by atoms with Gasteiger partial charge in [-0.05, 0) is 45.6 Å². The van der Waals surface area contributed by atoms with E-state index in [1.54, 1.807) is 0 Å². The highest BCUT2D eigenvalue weighted by Crippen LogP contribution is 2.36. The molecule has 1 heterocycles. The second-order valence-electron chi connectivity index (χ2n) is 5.89. The molecule has 2 rings (SSSR count). The topological polar surface area (TPSA) is 38.7 Å². The zero-order chi connectivity index (χ0) is 13.6. The molecule has 0 spiro atoms. The SMILES string of the molecule is Cc1cccc(CO)c1B1OC(C)(C)C(C)(C)O1. The highest BCUT2D eigenvalue weighted by molar-refractivity contribution is 6.63. The van der Waals surface area contributed by atoms with E-state index in [1.165, 1.54) is 0 Å². The lowest BCUT2D eigenvalue weighted by Crippen LogP contribution is -2.41. The van der Waals surface area contributed by atoms with Crippen molar-refractivity contribution >= 4 is 12.6 Å². The molecule has 0 radical (unpaired) electrons. The molecule has 0 unspecified atom stereocenters. The molecular formula is C14H21BO3. The molecule has 4 heteroatoms. The van der Waals surface area contributed by atoms with Crippen LogP contribution in [0.2, 0.25) is 0 Å². The van der Waals surface area contributed by atoms with Crippen molar-refractivity contribution in [3.63, 3.8) is 0 Å². The number of benzene rings is 1. The Balaban J connectivity index is 2.41. The standard InChI is InChI=1S/C14H21BO3/c1-10-7-6-8-11(9-16)12(10)15-17-13(2,3)14(4,5)18-15/h6-8,16H,9H2,1-5H3. The Hall–Kier alpha value is -0.835. The Morgan fingerprint density at radius 1 is 1.11 bits per heavy atom. The molecule has 0 aliphatic carbocycles. The van der Waals surface area contributed by atoms with Crippen LogP contribution in [-0.2, 0) is 15.9 Å². The van der Waals surface area contributed by atoms with E-state index in [1.807, 2.05) is 52.8 Å². The van der Waals surface area contributed by atoms with Gasteiger partial charge in [0.2, 0.25) is 0 Å². The first kappa shape index (κ1) is 13.6. The van der Waals surface area contributed by atoms with Gasteiger partial charge in [0.25, 0.3) is 0 Å². The van der Waals surface area contributed by atoms with Gasteiger partial charge in [0.15, 0.2) is 0 Å². The third-order valence-electron chi connectivity index (χ3n) is 4.07. The molecule has 1 N–H and O–H groups in total. The summed E-state index contributed by atoms with van der Waals surface area (Å²) in [4.78, 5) is 0. The summed E-state index contributed by atoms with van der Waals surface area (Å²) in [5, 5.41) is 9.45. The molecule has 18 heavy (non-hydrogen) atoms. The highest BCUT2D eigenvalue weighted by Gasteiger charge is 2.52. The van der Waals surface area contributed by atoms with Crippen molar-refractivity contribution in [1.29, 1.82) is 0 Å². The van der Waals surface area contributed by atoms with Gasteiger partial charge in [-0.25, -0.2) is 0 Å². The summed E-state index contributed by atoms with van der Waals surface area (Å²) in [6, 6.07) is 5.86. The molecule has 1 fully saturated rings. The minimum absolute atomic E-state index is 0.00108. The molecule has 1 saturated heterocycles. The third kappa shape index (κ3) is 2.09. The molecule has 98 valence electrons. The molecule has 1 aromatic carbocycles. The average molecular weight is 248 g/mol. The highest BCUT2D eigenvalue weighted by atomic mass is 16.7. The van der Waals surface area contributed by atoms with Crippen LogP contribution in [0, 0.1) is 6.92 Å². The summed E-state index contributed by atoms with van der Waals surface area (Å²) in [5.41, 5.74) is 2.20. The summed E-state index contributed by atoms with van der Waals surface area (Å²) >= 11 is 0. The van der Waals surface area contributed by atoms with Crippen LogP contribution in [0.1, 0.15) is 38.8 Å². The third-order valence-corrected chi connectivity index (χ3v) is 4.07. The normalized spacial score (nSPS) is 21.3. The fourth-order valence-corrected chi connectivity index (χ4v) is 2.18. The van der Waals surface area contributed by atoms with Crippen LogP contribution < -0.4 is 5.46 Å².